The summed E-state index contributed by atoms with van der Waals surface area (Å²) < 4.78 is 18.9. The lowest BCUT2D eigenvalue weighted by atomic mass is 9.81. The number of esters is 1. The van der Waals surface area contributed by atoms with Crippen LogP contribution in [-0.4, -0.2) is 17.8 Å². The molecule has 142 valence electrons. The molecule has 5 rings (SSSR count). The van der Waals surface area contributed by atoms with Gasteiger partial charge in [-0.25, -0.2) is 9.18 Å². The Kier molecular flexibility index (Phi) is 3.82. The molecule has 4 atom stereocenters. The highest BCUT2D eigenvalue weighted by molar-refractivity contribution is 6.22. The van der Waals surface area contributed by atoms with Gasteiger partial charge in [0.2, 0.25) is 11.8 Å². The third-order valence-electron chi connectivity index (χ3n) is 6.33. The quantitative estimate of drug-likeness (QED) is 0.465. The third-order valence-corrected chi connectivity index (χ3v) is 6.33. The lowest BCUT2D eigenvalue weighted by Gasteiger charge is -2.19. The Labute approximate surface area is 161 Å². The van der Waals surface area contributed by atoms with Crippen molar-refractivity contribution in [2.75, 3.05) is 4.90 Å². The van der Waals surface area contributed by atoms with E-state index in [2.05, 4.69) is 0 Å². The van der Waals surface area contributed by atoms with Gasteiger partial charge in [-0.2, -0.15) is 0 Å². The van der Waals surface area contributed by atoms with Crippen molar-refractivity contribution in [3.05, 3.63) is 59.9 Å². The summed E-state index contributed by atoms with van der Waals surface area (Å²) in [5, 5.41) is 0. The maximum absolute atomic E-state index is 13.7. The molecule has 5 nitrogen and oxygen atoms in total. The van der Waals surface area contributed by atoms with E-state index in [0.29, 0.717) is 17.5 Å². The van der Waals surface area contributed by atoms with Crippen molar-refractivity contribution in [3.8, 4) is 5.75 Å². The maximum Gasteiger partial charge on any atom is 0.346 e. The Balaban J connectivity index is 1.35. The number of carbonyl (C=O) groups excluding carboxylic acids is 3. The van der Waals surface area contributed by atoms with Crippen LogP contribution in [0.2, 0.25) is 0 Å². The number of halogens is 1. The number of hydrogen-bond acceptors (Lipinski definition) is 4. The summed E-state index contributed by atoms with van der Waals surface area (Å²) in [6.45, 7) is 0. The monoisotopic (exact) mass is 379 g/mol. The first-order chi connectivity index (χ1) is 13.5. The Bertz CT molecular complexity index is 958. The second-order valence-corrected chi connectivity index (χ2v) is 7.76. The molecule has 1 heterocycles. The van der Waals surface area contributed by atoms with Crippen LogP contribution in [0.5, 0.6) is 5.75 Å². The van der Waals surface area contributed by atoms with Gasteiger partial charge in [0.1, 0.15) is 11.6 Å². The fraction of sp³-hybridized carbons (Fsp3) is 0.318. The average molecular weight is 379 g/mol. The number of carbonyl (C=O) groups is 3. The number of nitrogens with zero attached hydrogens (tertiary/aromatic N) is 1. The molecular formula is C22H18FNO4. The molecule has 0 N–H and O–H groups in total. The lowest BCUT2D eigenvalue weighted by Crippen LogP contribution is -2.32. The molecule has 2 bridgehead atoms. The van der Waals surface area contributed by atoms with Crippen LogP contribution >= 0.6 is 0 Å². The molecule has 0 spiro atoms. The van der Waals surface area contributed by atoms with Crippen molar-refractivity contribution < 1.29 is 23.5 Å². The van der Waals surface area contributed by atoms with Crippen LogP contribution in [0, 0.1) is 29.5 Å². The third kappa shape index (κ3) is 2.47. The molecule has 2 aromatic carbocycles. The van der Waals surface area contributed by atoms with E-state index < -0.39 is 11.8 Å². The normalized spacial score (nSPS) is 28.0. The fourth-order valence-corrected chi connectivity index (χ4v) is 5.12. The Hall–Kier alpha value is -3.02. The largest absolute Gasteiger partial charge is 0.423 e. The first-order valence-corrected chi connectivity index (χ1v) is 9.49. The topological polar surface area (TPSA) is 63.7 Å². The number of rotatable bonds is 3. The molecule has 2 aromatic rings. The number of amides is 2. The van der Waals surface area contributed by atoms with E-state index >= 15 is 0 Å². The Morgan fingerprint density at radius 3 is 2.14 bits per heavy atom. The van der Waals surface area contributed by atoms with Crippen molar-refractivity contribution in [1.29, 1.82) is 0 Å². The van der Waals surface area contributed by atoms with Gasteiger partial charge in [-0.05, 0) is 67.5 Å². The van der Waals surface area contributed by atoms with E-state index in [0.717, 1.165) is 19.3 Å². The summed E-state index contributed by atoms with van der Waals surface area (Å²) in [6.07, 6.45) is 3.05. The molecule has 1 saturated heterocycles. The van der Waals surface area contributed by atoms with Gasteiger partial charge in [0, 0.05) is 0 Å². The van der Waals surface area contributed by atoms with Crippen molar-refractivity contribution in [3.63, 3.8) is 0 Å². The number of anilines is 1. The lowest BCUT2D eigenvalue weighted by molar-refractivity contribution is -0.123. The highest BCUT2D eigenvalue weighted by Crippen LogP contribution is 2.56. The summed E-state index contributed by atoms with van der Waals surface area (Å²) in [5.41, 5.74) is 0.328. The standard InChI is InChI=1S/C22H18FNO4/c23-17-4-2-1-3-16(17)22(27)28-15-9-7-14(8-10-15)24-20(25)18-12-5-6-13(11-12)19(18)21(24)26/h1-4,7-10,12-13,18-19H,5-6,11H2/t12-,13-,18-,19+/m1/s1. The summed E-state index contributed by atoms with van der Waals surface area (Å²) in [7, 11) is 0. The Morgan fingerprint density at radius 2 is 1.54 bits per heavy atom. The van der Waals surface area contributed by atoms with Gasteiger partial charge in [0.25, 0.3) is 0 Å². The summed E-state index contributed by atoms with van der Waals surface area (Å²) >= 11 is 0. The van der Waals surface area contributed by atoms with Crippen LogP contribution in [0.25, 0.3) is 0 Å². The minimum Gasteiger partial charge on any atom is -0.423 e. The van der Waals surface area contributed by atoms with Gasteiger partial charge >= 0.3 is 5.97 Å². The highest BCUT2D eigenvalue weighted by Gasteiger charge is 2.61. The number of ether oxygens (including phenoxy) is 1. The molecule has 2 amide bonds. The van der Waals surface area contributed by atoms with Gasteiger partial charge in [-0.1, -0.05) is 12.1 Å². The van der Waals surface area contributed by atoms with E-state index in [1.54, 1.807) is 18.2 Å². The molecule has 1 aliphatic heterocycles. The van der Waals surface area contributed by atoms with Crippen LogP contribution in [-0.2, 0) is 9.59 Å². The number of fused-ring (bicyclic) bond motifs is 5. The van der Waals surface area contributed by atoms with E-state index in [-0.39, 0.29) is 35.0 Å². The van der Waals surface area contributed by atoms with Crippen LogP contribution in [0.15, 0.2) is 48.5 Å². The number of hydrogen-bond donors (Lipinski definition) is 0. The van der Waals surface area contributed by atoms with Crippen molar-refractivity contribution >= 4 is 23.5 Å². The minimum absolute atomic E-state index is 0.113. The van der Waals surface area contributed by atoms with Crippen LogP contribution in [0.1, 0.15) is 29.6 Å². The zero-order valence-electron chi connectivity index (χ0n) is 15.0. The van der Waals surface area contributed by atoms with Crippen molar-refractivity contribution in [1.82, 2.24) is 0 Å². The first-order valence-electron chi connectivity index (χ1n) is 9.49. The molecule has 2 saturated carbocycles. The molecule has 0 aromatic heterocycles. The van der Waals surface area contributed by atoms with Gasteiger partial charge in [-0.15, -0.1) is 0 Å². The molecular weight excluding hydrogens is 361 g/mol. The molecule has 2 aliphatic carbocycles. The minimum atomic E-state index is -0.801. The number of imide groups is 1. The van der Waals surface area contributed by atoms with Gasteiger partial charge in [0.15, 0.2) is 0 Å². The smallest absolute Gasteiger partial charge is 0.346 e. The fourth-order valence-electron chi connectivity index (χ4n) is 5.12. The van der Waals surface area contributed by atoms with E-state index in [9.17, 15) is 18.8 Å². The van der Waals surface area contributed by atoms with Crippen molar-refractivity contribution in [2.45, 2.75) is 19.3 Å². The van der Waals surface area contributed by atoms with Crippen LogP contribution in [0.4, 0.5) is 10.1 Å². The summed E-state index contributed by atoms with van der Waals surface area (Å²) in [4.78, 5) is 39.1. The van der Waals surface area contributed by atoms with Crippen LogP contribution < -0.4 is 9.64 Å². The van der Waals surface area contributed by atoms with Gasteiger partial charge in [-0.3, -0.25) is 14.5 Å². The van der Waals surface area contributed by atoms with E-state index in [1.807, 2.05) is 0 Å². The van der Waals surface area contributed by atoms with E-state index in [4.69, 9.17) is 4.74 Å². The molecule has 3 aliphatic rings. The Morgan fingerprint density at radius 1 is 0.929 bits per heavy atom. The second kappa shape index (κ2) is 6.26. The predicted molar refractivity (Wildman–Crippen MR) is 98.1 cm³/mol. The van der Waals surface area contributed by atoms with E-state index in [1.165, 1.54) is 35.2 Å². The maximum atomic E-state index is 13.7. The molecule has 0 radical (unpaired) electrons. The molecule has 28 heavy (non-hydrogen) atoms. The zero-order chi connectivity index (χ0) is 19.4. The SMILES string of the molecule is O=C(Oc1ccc(N2C(=O)[C@@H]3[C@@H]4CC[C@H](C4)[C@@H]3C2=O)cc1)c1ccccc1F. The first kappa shape index (κ1) is 17.1. The molecule has 6 heteroatoms. The highest BCUT2D eigenvalue weighted by atomic mass is 19.1. The summed E-state index contributed by atoms with van der Waals surface area (Å²) in [6, 6.07) is 11.8. The molecule has 3 fully saturated rings. The summed E-state index contributed by atoms with van der Waals surface area (Å²) in [5.74, 6) is -1.15. The zero-order valence-corrected chi connectivity index (χ0v) is 15.0. The van der Waals surface area contributed by atoms with Gasteiger partial charge in [0.05, 0.1) is 23.1 Å². The average Bonchev–Trinajstić information content (AvgIpc) is 3.37. The van der Waals surface area contributed by atoms with Crippen LogP contribution in [0.3, 0.4) is 0 Å². The second-order valence-electron chi connectivity index (χ2n) is 7.76. The van der Waals surface area contributed by atoms with Gasteiger partial charge < -0.3 is 4.74 Å². The number of benzene rings is 2. The molecule has 0 unspecified atom stereocenters. The predicted octanol–water partition coefficient (Wildman–Crippen LogP) is 3.58. The van der Waals surface area contributed by atoms with Crippen molar-refractivity contribution in [2.24, 2.45) is 23.7 Å².